The van der Waals surface area contributed by atoms with E-state index < -0.39 is 31.8 Å². The number of halogens is 1. The number of rotatable bonds is 4. The summed E-state index contributed by atoms with van der Waals surface area (Å²) >= 11 is -1.83. The van der Waals surface area contributed by atoms with Crippen LogP contribution in [0.2, 0.25) is 17.3 Å². The van der Waals surface area contributed by atoms with Gasteiger partial charge in [0.25, 0.3) is 0 Å². The van der Waals surface area contributed by atoms with Crippen LogP contribution in [0.3, 0.4) is 0 Å². The molecule has 0 N–H and O–H groups in total. The Morgan fingerprint density at radius 3 is 2.44 bits per heavy atom. The van der Waals surface area contributed by atoms with Crippen molar-refractivity contribution >= 4 is 39.7 Å². The molecule has 4 aromatic heterocycles. The normalized spacial score (nSPS) is 13.3. The second kappa shape index (κ2) is 12.8. The van der Waals surface area contributed by atoms with Gasteiger partial charge in [0, 0.05) is 45.1 Å². The molecule has 0 unspecified atom stereocenters. The molecule has 0 bridgehead atoms. The van der Waals surface area contributed by atoms with Gasteiger partial charge in [-0.1, -0.05) is 31.0 Å². The number of furan rings is 1. The van der Waals surface area contributed by atoms with E-state index in [1.165, 1.54) is 16.5 Å². The summed E-state index contributed by atoms with van der Waals surface area (Å²) in [6.45, 7) is 1.54. The second-order valence-corrected chi connectivity index (χ2v) is 21.4. The zero-order chi connectivity index (χ0) is 31.9. The molecule has 7 heteroatoms. The number of aryl methyl sites for hydroxylation is 1. The largest absolute Gasteiger partial charge is 0 e. The second-order valence-electron chi connectivity index (χ2n) is 10.8. The number of pyridine rings is 3. The fourth-order valence-corrected chi connectivity index (χ4v) is 6.44. The minimum atomic E-state index is -2.08. The first-order valence-corrected chi connectivity index (χ1v) is 20.3. The van der Waals surface area contributed by atoms with E-state index >= 15 is 0 Å². The van der Waals surface area contributed by atoms with Gasteiger partial charge in [-0.2, -0.15) is 0 Å². The minimum Gasteiger partial charge on any atom is 0 e. The molecule has 0 aliphatic carbocycles. The van der Waals surface area contributed by atoms with Crippen LogP contribution in [0.15, 0.2) is 83.7 Å². The Hall–Kier alpha value is -3.19. The van der Waals surface area contributed by atoms with Gasteiger partial charge < -0.3 is 9.40 Å². The first-order chi connectivity index (χ1) is 20.6. The van der Waals surface area contributed by atoms with Gasteiger partial charge in [0.15, 0.2) is 0 Å². The molecule has 6 aromatic rings. The van der Waals surface area contributed by atoms with E-state index in [9.17, 15) is 4.39 Å². The predicted molar refractivity (Wildman–Crippen MR) is 164 cm³/mol. The molecule has 2 aromatic carbocycles. The SMILES string of the molecule is [2H]C(C)(C)c1ccnc(-c2[c-]cc(F)c3c2oc2ncccc23)c1.[2H]C([2H])([2H])c1c[c-]c(-c2cc[c]([Ge]([CH3])([CH3])[CH3])cn2)cc1.[Ir]. The van der Waals surface area contributed by atoms with Crippen molar-refractivity contribution in [1.82, 2.24) is 15.0 Å². The minimum absolute atomic E-state index is 0. The number of aromatic nitrogens is 3. The first kappa shape index (κ1) is 25.5. The molecule has 4 heterocycles. The van der Waals surface area contributed by atoms with Crippen LogP contribution in [0, 0.1) is 24.8 Å². The smallest absolute Gasteiger partial charge is 0 e. The quantitative estimate of drug-likeness (QED) is 0.133. The third kappa shape index (κ3) is 6.83. The van der Waals surface area contributed by atoms with Crippen LogP contribution in [0.4, 0.5) is 4.39 Å². The fourth-order valence-electron chi connectivity index (χ4n) is 4.27. The van der Waals surface area contributed by atoms with E-state index in [0.29, 0.717) is 38.9 Å². The Kier molecular flexibility index (Phi) is 7.95. The molecule has 4 nitrogen and oxygen atoms in total. The summed E-state index contributed by atoms with van der Waals surface area (Å²) in [4.78, 5) is 13.0. The summed E-state index contributed by atoms with van der Waals surface area (Å²) in [5.41, 5.74) is 4.69. The standard InChI is InChI=1S/C19H14FN2O.C15H18GeN.Ir/c1-11(2)12-7-9-21-16(10-12)13-5-6-15(20)17-14-4-3-8-22-19(14)23-18(13)17;1-12-5-7-13(8-6-12)15-10-9-14(11-17-15)16(2,3)4;/h3-4,6-11H,1-2H3;5-7,9-11H,1-4H3;/q2*-1;/i11D;1D3;. The maximum Gasteiger partial charge on any atom is 0 e. The molecule has 0 fully saturated rings. The number of fused-ring (bicyclic) bond motifs is 3. The van der Waals surface area contributed by atoms with Gasteiger partial charge >= 0.3 is 110 Å². The molecule has 211 valence electrons. The Balaban J connectivity index is 0.000000204. The van der Waals surface area contributed by atoms with Crippen LogP contribution in [-0.2, 0) is 20.1 Å². The van der Waals surface area contributed by atoms with E-state index in [2.05, 4.69) is 50.4 Å². The number of hydrogen-bond acceptors (Lipinski definition) is 4. The van der Waals surface area contributed by atoms with Crippen molar-refractivity contribution in [3.8, 4) is 22.5 Å². The van der Waals surface area contributed by atoms with Crippen molar-refractivity contribution in [1.29, 1.82) is 0 Å². The zero-order valence-electron chi connectivity index (χ0n) is 27.5. The summed E-state index contributed by atoms with van der Waals surface area (Å²) < 4.78 is 51.7. The van der Waals surface area contributed by atoms with Gasteiger partial charge in [-0.05, 0) is 35.2 Å². The molecule has 1 radical (unpaired) electrons. The van der Waals surface area contributed by atoms with Gasteiger partial charge in [-0.15, -0.1) is 12.1 Å². The van der Waals surface area contributed by atoms with E-state index in [-0.39, 0.29) is 20.1 Å². The van der Waals surface area contributed by atoms with Crippen LogP contribution in [-0.4, -0.2) is 28.2 Å². The van der Waals surface area contributed by atoms with E-state index in [0.717, 1.165) is 16.8 Å². The third-order valence-electron chi connectivity index (χ3n) is 6.59. The van der Waals surface area contributed by atoms with Crippen LogP contribution in [0.5, 0.6) is 0 Å². The molecular weight excluding hydrogens is 750 g/mol. The molecule has 0 atom stereocenters. The predicted octanol–water partition coefficient (Wildman–Crippen LogP) is 8.51. The van der Waals surface area contributed by atoms with Crippen LogP contribution >= 0.6 is 0 Å². The number of benzene rings is 2. The molecule has 0 saturated heterocycles. The third-order valence-corrected chi connectivity index (χ3v) is 10.8. The average molecular weight is 786 g/mol. The van der Waals surface area contributed by atoms with Gasteiger partial charge in [-0.25, -0.2) is 4.98 Å². The van der Waals surface area contributed by atoms with Crippen molar-refractivity contribution in [3.05, 3.63) is 108 Å². The zero-order valence-corrected chi connectivity index (χ0v) is 28.0. The van der Waals surface area contributed by atoms with Gasteiger partial charge in [0.1, 0.15) is 0 Å². The maximum atomic E-state index is 14.3. The van der Waals surface area contributed by atoms with Gasteiger partial charge in [0.05, 0.1) is 5.58 Å². The van der Waals surface area contributed by atoms with E-state index in [1.54, 1.807) is 56.6 Å². The summed E-state index contributed by atoms with van der Waals surface area (Å²) in [6.07, 6.45) is 5.19. The number of nitrogens with zero attached hydrogens (tertiary/aromatic N) is 3. The Morgan fingerprint density at radius 1 is 0.951 bits per heavy atom. The van der Waals surface area contributed by atoms with Crippen molar-refractivity contribution in [2.45, 2.75) is 43.9 Å². The first-order valence-electron chi connectivity index (χ1n) is 15.0. The van der Waals surface area contributed by atoms with Crippen molar-refractivity contribution in [2.24, 2.45) is 0 Å². The summed E-state index contributed by atoms with van der Waals surface area (Å²) in [5, 5.41) is 1.00. The van der Waals surface area contributed by atoms with Gasteiger partial charge in [-0.3, -0.25) is 4.39 Å². The Morgan fingerprint density at radius 2 is 1.78 bits per heavy atom. The molecule has 0 amide bonds. The van der Waals surface area contributed by atoms with Crippen molar-refractivity contribution in [3.63, 3.8) is 0 Å². The van der Waals surface area contributed by atoms with Gasteiger partial charge in [0.2, 0.25) is 5.71 Å². The molecule has 0 saturated carbocycles. The summed E-state index contributed by atoms with van der Waals surface area (Å²) in [6, 6.07) is 23.4. The molecule has 0 aliphatic heterocycles. The molecule has 0 aliphatic rings. The Labute approximate surface area is 262 Å². The molecule has 0 spiro atoms. The summed E-state index contributed by atoms with van der Waals surface area (Å²) in [7, 11) is 0. The van der Waals surface area contributed by atoms with E-state index in [4.69, 9.17) is 9.90 Å². The topological polar surface area (TPSA) is 51.8 Å². The van der Waals surface area contributed by atoms with E-state index in [1.807, 2.05) is 18.3 Å². The van der Waals surface area contributed by atoms with Crippen LogP contribution < -0.4 is 4.40 Å². The molecule has 6 rings (SSSR count). The maximum absolute atomic E-state index is 14.3. The summed E-state index contributed by atoms with van der Waals surface area (Å²) in [5.74, 6) is 5.82. The monoisotopic (exact) mass is 788 g/mol. The number of hydrogen-bond donors (Lipinski definition) is 0. The molecule has 41 heavy (non-hydrogen) atoms. The van der Waals surface area contributed by atoms with Crippen LogP contribution in [0.1, 0.15) is 36.4 Å². The van der Waals surface area contributed by atoms with Crippen molar-refractivity contribution < 1.29 is 34.4 Å². The molecular formula is C34H32FGeIrN3O-2. The fraction of sp³-hybridized carbons (Fsp3) is 0.206. The average Bonchev–Trinajstić information content (AvgIpc) is 3.37. The van der Waals surface area contributed by atoms with Crippen molar-refractivity contribution in [2.75, 3.05) is 0 Å². The van der Waals surface area contributed by atoms with Crippen LogP contribution in [0.25, 0.3) is 44.6 Å². The Bertz CT molecular complexity index is 1880.